The van der Waals surface area contributed by atoms with Gasteiger partial charge in [-0.15, -0.1) is 0 Å². The molecular weight excluding hydrogens is 441 g/mol. The van der Waals surface area contributed by atoms with Crippen LogP contribution in [0.15, 0.2) is 46.4 Å². The number of alkyl halides is 3. The van der Waals surface area contributed by atoms with Gasteiger partial charge in [-0.25, -0.2) is 0 Å². The minimum atomic E-state index is -4.55. The molecule has 0 spiro atoms. The lowest BCUT2D eigenvalue weighted by molar-refractivity contribution is -0.137. The summed E-state index contributed by atoms with van der Waals surface area (Å²) >= 11 is 3.15. The van der Waals surface area contributed by atoms with Crippen molar-refractivity contribution in [2.75, 3.05) is 11.9 Å². The Bertz CT molecular complexity index is 966. The average Bonchev–Trinajstić information content (AvgIpc) is 2.63. The number of halogens is 4. The van der Waals surface area contributed by atoms with E-state index < -0.39 is 17.6 Å². The molecule has 0 aliphatic carbocycles. The summed E-state index contributed by atoms with van der Waals surface area (Å²) in [6.07, 6.45) is -3.32. The lowest BCUT2D eigenvalue weighted by Gasteiger charge is -2.10. The number of phenols is 1. The van der Waals surface area contributed by atoms with E-state index in [1.165, 1.54) is 24.3 Å². The van der Waals surface area contributed by atoms with E-state index in [2.05, 4.69) is 21.2 Å². The number of nitriles is 1. The number of carbonyl (C=O) groups is 1. The van der Waals surface area contributed by atoms with Crippen LogP contribution in [0.5, 0.6) is 11.5 Å². The number of hydrogen-bond donors (Lipinski definition) is 2. The highest BCUT2D eigenvalue weighted by Gasteiger charge is 2.30. The van der Waals surface area contributed by atoms with Crippen molar-refractivity contribution >= 4 is 33.6 Å². The Morgan fingerprint density at radius 2 is 2.07 bits per heavy atom. The monoisotopic (exact) mass is 454 g/mol. The third-order valence-electron chi connectivity index (χ3n) is 3.47. The minimum Gasteiger partial charge on any atom is -0.503 e. The van der Waals surface area contributed by atoms with Gasteiger partial charge in [0.05, 0.1) is 16.6 Å². The summed E-state index contributed by atoms with van der Waals surface area (Å²) in [5, 5.41) is 21.4. The molecule has 0 saturated carbocycles. The third-order valence-corrected chi connectivity index (χ3v) is 4.08. The Labute approximate surface area is 167 Å². The maximum absolute atomic E-state index is 12.8. The van der Waals surface area contributed by atoms with Crippen LogP contribution in [-0.2, 0) is 11.0 Å². The van der Waals surface area contributed by atoms with Crippen molar-refractivity contribution in [3.05, 3.63) is 57.6 Å². The Hall–Kier alpha value is -2.99. The molecule has 2 rings (SSSR count). The Morgan fingerprint density at radius 1 is 1.36 bits per heavy atom. The molecule has 146 valence electrons. The quantitative estimate of drug-likeness (QED) is 0.485. The van der Waals surface area contributed by atoms with E-state index in [4.69, 9.17) is 4.74 Å². The number of amides is 1. The number of anilines is 1. The van der Waals surface area contributed by atoms with E-state index >= 15 is 0 Å². The lowest BCUT2D eigenvalue weighted by atomic mass is 10.1. The van der Waals surface area contributed by atoms with Crippen LogP contribution in [0.1, 0.15) is 18.1 Å². The average molecular weight is 455 g/mol. The Kier molecular flexibility index (Phi) is 6.70. The highest BCUT2D eigenvalue weighted by molar-refractivity contribution is 9.10. The van der Waals surface area contributed by atoms with Crippen LogP contribution in [0.2, 0.25) is 0 Å². The van der Waals surface area contributed by atoms with Gasteiger partial charge in [0.25, 0.3) is 5.91 Å². The largest absolute Gasteiger partial charge is 0.503 e. The van der Waals surface area contributed by atoms with Crippen molar-refractivity contribution in [1.82, 2.24) is 0 Å². The molecule has 2 aromatic carbocycles. The number of phenolic OH excluding ortho intramolecular Hbond substituents is 1. The molecule has 0 aromatic heterocycles. The molecule has 28 heavy (non-hydrogen) atoms. The van der Waals surface area contributed by atoms with Crippen LogP contribution in [-0.4, -0.2) is 17.6 Å². The molecule has 0 aliphatic rings. The molecule has 5 nitrogen and oxygen atoms in total. The number of rotatable bonds is 5. The fraction of sp³-hybridized carbons (Fsp3) is 0.158. The van der Waals surface area contributed by atoms with Crippen LogP contribution < -0.4 is 10.1 Å². The van der Waals surface area contributed by atoms with Gasteiger partial charge < -0.3 is 15.2 Å². The van der Waals surface area contributed by atoms with Gasteiger partial charge in [0.2, 0.25) is 0 Å². The molecule has 0 heterocycles. The van der Waals surface area contributed by atoms with Gasteiger partial charge in [-0.3, -0.25) is 4.79 Å². The summed E-state index contributed by atoms with van der Waals surface area (Å²) in [5.41, 5.74) is -0.971. The summed E-state index contributed by atoms with van der Waals surface area (Å²) in [6, 6.07) is 8.69. The van der Waals surface area contributed by atoms with Crippen molar-refractivity contribution in [3.8, 4) is 17.6 Å². The minimum absolute atomic E-state index is 0.0946. The SMILES string of the molecule is CCOc1cc(C=C(C#N)C(=O)Nc2cccc(C(F)(F)F)c2)cc(Br)c1O. The van der Waals surface area contributed by atoms with E-state index in [1.807, 2.05) is 0 Å². The molecular formula is C19H14BrF3N2O3. The molecule has 9 heteroatoms. The van der Waals surface area contributed by atoms with E-state index in [0.29, 0.717) is 10.0 Å². The van der Waals surface area contributed by atoms with E-state index in [9.17, 15) is 28.3 Å². The standard InChI is InChI=1S/C19H14BrF3N2O3/c1-2-28-16-8-11(7-15(20)17(16)26)6-12(10-24)18(27)25-14-5-3-4-13(9-14)19(21,22)23/h3-9,26H,2H2,1H3,(H,25,27). The first-order valence-electron chi connectivity index (χ1n) is 7.91. The summed E-state index contributed by atoms with van der Waals surface area (Å²) in [4.78, 5) is 12.3. The molecule has 0 atom stereocenters. The third kappa shape index (κ3) is 5.27. The molecule has 0 bridgehead atoms. The predicted molar refractivity (Wildman–Crippen MR) is 101 cm³/mol. The number of hydrogen-bond acceptors (Lipinski definition) is 4. The first-order valence-corrected chi connectivity index (χ1v) is 8.70. The number of ether oxygens (including phenoxy) is 1. The van der Waals surface area contributed by atoms with Crippen LogP contribution in [0, 0.1) is 11.3 Å². The summed E-state index contributed by atoms with van der Waals surface area (Å²) in [7, 11) is 0. The molecule has 2 aromatic rings. The van der Waals surface area contributed by atoms with Gasteiger partial charge in [0, 0.05) is 5.69 Å². The van der Waals surface area contributed by atoms with Gasteiger partial charge in [-0.2, -0.15) is 18.4 Å². The highest BCUT2D eigenvalue weighted by Crippen LogP contribution is 2.36. The lowest BCUT2D eigenvalue weighted by Crippen LogP contribution is -2.14. The maximum Gasteiger partial charge on any atom is 0.416 e. The fourth-order valence-electron chi connectivity index (χ4n) is 2.23. The molecule has 1 amide bonds. The molecule has 0 radical (unpaired) electrons. The first-order chi connectivity index (χ1) is 13.2. The first kappa shape index (κ1) is 21.3. The fourth-order valence-corrected chi connectivity index (χ4v) is 2.69. The zero-order valence-corrected chi connectivity index (χ0v) is 16.1. The van der Waals surface area contributed by atoms with Gasteiger partial charge in [0.15, 0.2) is 11.5 Å². The van der Waals surface area contributed by atoms with Crippen molar-refractivity contribution in [3.63, 3.8) is 0 Å². The molecule has 0 unspecified atom stereocenters. The van der Waals surface area contributed by atoms with Crippen molar-refractivity contribution in [2.24, 2.45) is 0 Å². The molecule has 2 N–H and O–H groups in total. The van der Waals surface area contributed by atoms with Crippen LogP contribution in [0.3, 0.4) is 0 Å². The van der Waals surface area contributed by atoms with Crippen LogP contribution in [0.4, 0.5) is 18.9 Å². The number of aromatic hydroxyl groups is 1. The zero-order chi connectivity index (χ0) is 20.9. The Balaban J connectivity index is 2.31. The number of carbonyl (C=O) groups excluding carboxylic acids is 1. The van der Waals surface area contributed by atoms with Gasteiger partial charge in [0.1, 0.15) is 11.6 Å². The molecule has 0 saturated heterocycles. The second-order valence-corrected chi connectivity index (χ2v) is 6.34. The number of nitrogens with zero attached hydrogens (tertiary/aromatic N) is 1. The van der Waals surface area contributed by atoms with E-state index in [0.717, 1.165) is 18.2 Å². The zero-order valence-electron chi connectivity index (χ0n) is 14.5. The number of benzene rings is 2. The normalized spacial score (nSPS) is 11.6. The van der Waals surface area contributed by atoms with Crippen molar-refractivity contribution < 1.29 is 27.8 Å². The topological polar surface area (TPSA) is 82.3 Å². The van der Waals surface area contributed by atoms with E-state index in [1.54, 1.807) is 13.0 Å². The summed E-state index contributed by atoms with van der Waals surface area (Å²) in [5.74, 6) is -0.853. The highest BCUT2D eigenvalue weighted by atomic mass is 79.9. The number of nitrogens with one attached hydrogen (secondary N) is 1. The van der Waals surface area contributed by atoms with Gasteiger partial charge >= 0.3 is 6.18 Å². The van der Waals surface area contributed by atoms with Crippen molar-refractivity contribution in [1.29, 1.82) is 5.26 Å². The smallest absolute Gasteiger partial charge is 0.416 e. The predicted octanol–water partition coefficient (Wildman–Crippen LogP) is 5.12. The van der Waals surface area contributed by atoms with Crippen molar-refractivity contribution in [2.45, 2.75) is 13.1 Å². The van der Waals surface area contributed by atoms with Gasteiger partial charge in [-0.1, -0.05) is 6.07 Å². The second-order valence-electron chi connectivity index (χ2n) is 5.48. The van der Waals surface area contributed by atoms with Crippen LogP contribution in [0.25, 0.3) is 6.08 Å². The van der Waals surface area contributed by atoms with E-state index in [-0.39, 0.29) is 29.4 Å². The van der Waals surface area contributed by atoms with Gasteiger partial charge in [-0.05, 0) is 64.8 Å². The summed E-state index contributed by atoms with van der Waals surface area (Å²) < 4.78 is 43.9. The Morgan fingerprint density at radius 3 is 2.68 bits per heavy atom. The van der Waals surface area contributed by atoms with Crippen LogP contribution >= 0.6 is 15.9 Å². The summed E-state index contributed by atoms with van der Waals surface area (Å²) in [6.45, 7) is 2.01. The maximum atomic E-state index is 12.8. The molecule has 0 aliphatic heterocycles. The molecule has 0 fully saturated rings. The second kappa shape index (κ2) is 8.80.